The number of alkyl halides is 3. The molecule has 0 radical (unpaired) electrons. The number of furan rings is 1. The van der Waals surface area contributed by atoms with Crippen LogP contribution in [0.1, 0.15) is 45.8 Å². The summed E-state index contributed by atoms with van der Waals surface area (Å²) in [6, 6.07) is 3.13. The zero-order valence-corrected chi connectivity index (χ0v) is 17.2. The van der Waals surface area contributed by atoms with Gasteiger partial charge in [-0.2, -0.15) is 18.3 Å². The molecule has 11 heteroatoms. The summed E-state index contributed by atoms with van der Waals surface area (Å²) in [6.07, 6.45) is -2.69. The number of primary amides is 1. The van der Waals surface area contributed by atoms with Gasteiger partial charge < -0.3 is 24.7 Å². The molecule has 1 fully saturated rings. The van der Waals surface area contributed by atoms with E-state index in [0.29, 0.717) is 48.3 Å². The van der Waals surface area contributed by atoms with E-state index in [2.05, 4.69) is 10.2 Å². The van der Waals surface area contributed by atoms with Crippen molar-refractivity contribution in [3.8, 4) is 5.75 Å². The van der Waals surface area contributed by atoms with Crippen molar-refractivity contribution in [1.29, 1.82) is 0 Å². The Morgan fingerprint density at radius 2 is 2.06 bits per heavy atom. The molecular formula is C21H22F3N3O5. The number of ether oxygens (including phenoxy) is 2. The fourth-order valence-corrected chi connectivity index (χ4v) is 4.31. The van der Waals surface area contributed by atoms with E-state index in [-0.39, 0.29) is 23.5 Å². The molecule has 1 aliphatic heterocycles. The third kappa shape index (κ3) is 3.71. The van der Waals surface area contributed by atoms with Crippen LogP contribution in [0.3, 0.4) is 0 Å². The van der Waals surface area contributed by atoms with Gasteiger partial charge in [0.25, 0.3) is 5.91 Å². The van der Waals surface area contributed by atoms with Crippen LogP contribution >= 0.6 is 0 Å². The maximum absolute atomic E-state index is 13.2. The van der Waals surface area contributed by atoms with E-state index in [1.807, 2.05) is 0 Å². The lowest BCUT2D eigenvalue weighted by Crippen LogP contribution is -2.38. The zero-order chi connectivity index (χ0) is 23.1. The summed E-state index contributed by atoms with van der Waals surface area (Å²) in [5, 5.41) is 16.3. The molecule has 0 spiro atoms. The molecule has 172 valence electrons. The van der Waals surface area contributed by atoms with E-state index >= 15 is 0 Å². The summed E-state index contributed by atoms with van der Waals surface area (Å²) in [6.45, 7) is 1.61. The number of amides is 1. The van der Waals surface area contributed by atoms with Crippen molar-refractivity contribution in [3.63, 3.8) is 0 Å². The third-order valence-corrected chi connectivity index (χ3v) is 5.89. The van der Waals surface area contributed by atoms with Gasteiger partial charge in [0, 0.05) is 41.3 Å². The van der Waals surface area contributed by atoms with E-state index in [9.17, 15) is 23.1 Å². The van der Waals surface area contributed by atoms with Crippen LogP contribution in [-0.4, -0.2) is 41.0 Å². The number of carbonyl (C=O) groups is 1. The smallest absolute Gasteiger partial charge is 0.435 e. The second-order valence-electron chi connectivity index (χ2n) is 7.81. The van der Waals surface area contributed by atoms with E-state index in [1.54, 1.807) is 19.1 Å². The number of aryl methyl sites for hydroxylation is 1. The number of hydrogen-bond acceptors (Lipinski definition) is 6. The number of nitrogens with two attached hydrogens (primary N) is 1. The maximum Gasteiger partial charge on any atom is 0.435 e. The number of benzene rings is 1. The van der Waals surface area contributed by atoms with Crippen LogP contribution < -0.4 is 10.5 Å². The lowest BCUT2D eigenvalue weighted by Gasteiger charge is -2.37. The van der Waals surface area contributed by atoms with Gasteiger partial charge >= 0.3 is 6.18 Å². The molecule has 32 heavy (non-hydrogen) atoms. The summed E-state index contributed by atoms with van der Waals surface area (Å²) >= 11 is 0. The highest BCUT2D eigenvalue weighted by Gasteiger charge is 2.40. The molecule has 1 saturated heterocycles. The number of nitrogens with zero attached hydrogens (tertiary/aromatic N) is 1. The molecule has 1 amide bonds. The van der Waals surface area contributed by atoms with Crippen LogP contribution in [0.4, 0.5) is 13.2 Å². The Morgan fingerprint density at radius 3 is 2.69 bits per heavy atom. The fourth-order valence-electron chi connectivity index (χ4n) is 4.31. The van der Waals surface area contributed by atoms with Crippen LogP contribution in [-0.2, 0) is 22.9 Å². The van der Waals surface area contributed by atoms with Crippen molar-refractivity contribution < 1.29 is 37.0 Å². The number of aliphatic hydroxyl groups is 1. The Morgan fingerprint density at radius 1 is 1.34 bits per heavy atom. The van der Waals surface area contributed by atoms with Crippen LogP contribution in [0.2, 0.25) is 0 Å². The van der Waals surface area contributed by atoms with Crippen molar-refractivity contribution >= 4 is 16.9 Å². The Balaban J connectivity index is 1.87. The minimum atomic E-state index is -4.64. The highest BCUT2D eigenvalue weighted by molar-refractivity contribution is 6.08. The Hall–Kier alpha value is -3.05. The van der Waals surface area contributed by atoms with Gasteiger partial charge in [-0.3, -0.25) is 9.89 Å². The lowest BCUT2D eigenvalue weighted by atomic mass is 9.72. The van der Waals surface area contributed by atoms with Gasteiger partial charge in [0.1, 0.15) is 23.7 Å². The molecule has 0 bridgehead atoms. The van der Waals surface area contributed by atoms with Crippen molar-refractivity contribution in [3.05, 3.63) is 46.5 Å². The average molecular weight is 453 g/mol. The monoisotopic (exact) mass is 453 g/mol. The molecule has 1 aromatic carbocycles. The van der Waals surface area contributed by atoms with Gasteiger partial charge in [0.15, 0.2) is 5.69 Å². The number of halogens is 3. The molecule has 0 saturated carbocycles. The SMILES string of the molecule is Cc1oc2ccc(OCc3c[nH]nc3C(F)(F)F)c(C3(CO)CCOCC3)c2c1C(N)=O. The number of aromatic amines is 1. The molecule has 3 heterocycles. The summed E-state index contributed by atoms with van der Waals surface area (Å²) in [5.41, 5.74) is 4.52. The average Bonchev–Trinajstić information content (AvgIpc) is 3.35. The molecule has 4 rings (SSSR count). The third-order valence-electron chi connectivity index (χ3n) is 5.89. The molecule has 0 aliphatic carbocycles. The zero-order valence-electron chi connectivity index (χ0n) is 17.2. The lowest BCUT2D eigenvalue weighted by molar-refractivity contribution is -0.142. The van der Waals surface area contributed by atoms with Gasteiger partial charge in [-0.05, 0) is 31.9 Å². The number of fused-ring (bicyclic) bond motifs is 1. The Labute approximate surface area is 180 Å². The molecule has 3 aromatic rings. The topological polar surface area (TPSA) is 124 Å². The number of rotatable bonds is 6. The van der Waals surface area contributed by atoms with E-state index < -0.39 is 29.8 Å². The number of hydrogen-bond donors (Lipinski definition) is 3. The molecule has 1 aliphatic rings. The first-order valence-electron chi connectivity index (χ1n) is 9.95. The molecule has 2 aromatic heterocycles. The van der Waals surface area contributed by atoms with Crippen LogP contribution in [0.5, 0.6) is 5.75 Å². The number of aromatic nitrogens is 2. The molecule has 0 unspecified atom stereocenters. The predicted octanol–water partition coefficient (Wildman–Crippen LogP) is 3.20. The van der Waals surface area contributed by atoms with Gasteiger partial charge in [-0.1, -0.05) is 0 Å². The first kappa shape index (κ1) is 22.2. The highest BCUT2D eigenvalue weighted by Crippen LogP contribution is 2.46. The van der Waals surface area contributed by atoms with Crippen LogP contribution in [0.25, 0.3) is 11.0 Å². The molecule has 8 nitrogen and oxygen atoms in total. The number of aliphatic hydroxyl groups excluding tert-OH is 1. The van der Waals surface area contributed by atoms with E-state index in [0.717, 1.165) is 6.20 Å². The highest BCUT2D eigenvalue weighted by atomic mass is 19.4. The fraction of sp³-hybridized carbons (Fsp3) is 0.429. The molecule has 0 atom stereocenters. The quantitative estimate of drug-likeness (QED) is 0.527. The molecular weight excluding hydrogens is 431 g/mol. The van der Waals surface area contributed by atoms with Gasteiger partial charge in [-0.15, -0.1) is 0 Å². The van der Waals surface area contributed by atoms with Crippen molar-refractivity contribution in [2.24, 2.45) is 5.73 Å². The second kappa shape index (κ2) is 8.14. The first-order chi connectivity index (χ1) is 15.2. The Kier molecular flexibility index (Phi) is 5.63. The summed E-state index contributed by atoms with van der Waals surface area (Å²) in [7, 11) is 0. The minimum absolute atomic E-state index is 0.152. The first-order valence-corrected chi connectivity index (χ1v) is 9.95. The minimum Gasteiger partial charge on any atom is -0.488 e. The van der Waals surface area contributed by atoms with Crippen LogP contribution in [0, 0.1) is 6.92 Å². The summed E-state index contributed by atoms with van der Waals surface area (Å²) in [5.74, 6) is -0.180. The van der Waals surface area contributed by atoms with Crippen molar-refractivity contribution in [1.82, 2.24) is 10.2 Å². The Bertz CT molecular complexity index is 1150. The van der Waals surface area contributed by atoms with Gasteiger partial charge in [0.05, 0.1) is 12.2 Å². The largest absolute Gasteiger partial charge is 0.488 e. The standard InChI is InChI=1S/C21H22F3N3O5/c1-11-15(19(25)29)16-13(32-11)2-3-14(17(16)20(10-28)4-6-30-7-5-20)31-9-12-8-26-27-18(12)21(22,23)24/h2-3,8,28H,4-7,9-10H2,1H3,(H2,25,29)(H,26,27). The maximum atomic E-state index is 13.2. The van der Waals surface area contributed by atoms with E-state index in [1.165, 1.54) is 0 Å². The van der Waals surface area contributed by atoms with Crippen molar-refractivity contribution in [2.75, 3.05) is 19.8 Å². The van der Waals surface area contributed by atoms with Crippen LogP contribution in [0.15, 0.2) is 22.7 Å². The van der Waals surface area contributed by atoms with Gasteiger partial charge in [-0.25, -0.2) is 0 Å². The number of nitrogens with one attached hydrogen (secondary N) is 1. The predicted molar refractivity (Wildman–Crippen MR) is 106 cm³/mol. The van der Waals surface area contributed by atoms with E-state index in [4.69, 9.17) is 19.6 Å². The summed E-state index contributed by atoms with van der Waals surface area (Å²) < 4.78 is 56.6. The second-order valence-corrected chi connectivity index (χ2v) is 7.81. The molecule has 4 N–H and O–H groups in total. The number of H-pyrrole nitrogens is 1. The normalized spacial score (nSPS) is 16.4. The van der Waals surface area contributed by atoms with Gasteiger partial charge in [0.2, 0.25) is 0 Å². The van der Waals surface area contributed by atoms with Crippen molar-refractivity contribution in [2.45, 2.75) is 38.0 Å². The summed E-state index contributed by atoms with van der Waals surface area (Å²) in [4.78, 5) is 12.2. The number of carbonyl (C=O) groups excluding carboxylic acids is 1.